The van der Waals surface area contributed by atoms with Crippen molar-refractivity contribution in [3.05, 3.63) is 28.5 Å². The van der Waals surface area contributed by atoms with E-state index < -0.39 is 0 Å². The van der Waals surface area contributed by atoms with Gasteiger partial charge in [-0.25, -0.2) is 0 Å². The Hall–Kier alpha value is -0.940. The van der Waals surface area contributed by atoms with Gasteiger partial charge in [-0.05, 0) is 35.0 Å². The fourth-order valence-corrected chi connectivity index (χ4v) is 2.33. The lowest BCUT2D eigenvalue weighted by Gasteiger charge is -2.16. The van der Waals surface area contributed by atoms with Gasteiger partial charge in [0, 0.05) is 35.4 Å². The topological polar surface area (TPSA) is 51.2 Å². The Morgan fingerprint density at radius 1 is 1.59 bits per heavy atom. The molecule has 1 aliphatic heterocycles. The van der Waals surface area contributed by atoms with Crippen molar-refractivity contribution >= 4 is 21.9 Å². The van der Waals surface area contributed by atoms with Crippen molar-refractivity contribution in [2.24, 2.45) is 5.92 Å². The number of pyridine rings is 1. The maximum Gasteiger partial charge on any atom is 0.310 e. The van der Waals surface area contributed by atoms with Crippen LogP contribution in [0.15, 0.2) is 22.8 Å². The molecule has 0 aromatic carbocycles. The highest BCUT2D eigenvalue weighted by Crippen LogP contribution is 2.28. The number of carbonyl (C=O) groups excluding carboxylic acids is 1. The lowest BCUT2D eigenvalue weighted by Crippen LogP contribution is -2.24. The zero-order chi connectivity index (χ0) is 12.3. The normalized spacial score (nSPS) is 23.6. The lowest BCUT2D eigenvalue weighted by atomic mass is 9.92. The van der Waals surface area contributed by atoms with Crippen LogP contribution in [0.3, 0.4) is 0 Å². The molecule has 1 fully saturated rings. The van der Waals surface area contributed by atoms with E-state index in [9.17, 15) is 4.79 Å². The van der Waals surface area contributed by atoms with Crippen molar-refractivity contribution in [3.63, 3.8) is 0 Å². The van der Waals surface area contributed by atoms with Crippen LogP contribution < -0.4 is 5.32 Å². The molecule has 0 amide bonds. The van der Waals surface area contributed by atoms with Gasteiger partial charge < -0.3 is 10.1 Å². The number of hydrogen-bond acceptors (Lipinski definition) is 4. The second-order valence-corrected chi connectivity index (χ2v) is 4.94. The third-order valence-corrected chi connectivity index (χ3v) is 3.40. The van der Waals surface area contributed by atoms with Crippen LogP contribution in [0.5, 0.6) is 0 Å². The third-order valence-electron chi connectivity index (χ3n) is 2.93. The van der Waals surface area contributed by atoms with E-state index in [-0.39, 0.29) is 17.8 Å². The lowest BCUT2D eigenvalue weighted by molar-refractivity contribution is -0.147. The molecular weight excluding hydrogens is 284 g/mol. The molecule has 0 saturated carbocycles. The quantitative estimate of drug-likeness (QED) is 0.863. The van der Waals surface area contributed by atoms with Gasteiger partial charge in [0.05, 0.1) is 12.5 Å². The first-order chi connectivity index (χ1) is 8.22. The second-order valence-electron chi connectivity index (χ2n) is 4.02. The smallest absolute Gasteiger partial charge is 0.310 e. The number of halogens is 1. The Labute approximate surface area is 109 Å². The van der Waals surface area contributed by atoms with E-state index in [0.29, 0.717) is 13.2 Å². The van der Waals surface area contributed by atoms with Gasteiger partial charge >= 0.3 is 5.97 Å². The summed E-state index contributed by atoms with van der Waals surface area (Å²) >= 11 is 3.35. The van der Waals surface area contributed by atoms with Gasteiger partial charge in [0.1, 0.15) is 0 Å². The average molecular weight is 299 g/mol. The van der Waals surface area contributed by atoms with Crippen molar-refractivity contribution in [1.29, 1.82) is 0 Å². The first-order valence-electron chi connectivity index (χ1n) is 5.71. The second kappa shape index (κ2) is 5.60. The summed E-state index contributed by atoms with van der Waals surface area (Å²) in [6.07, 6.45) is 1.76. The molecule has 92 valence electrons. The summed E-state index contributed by atoms with van der Waals surface area (Å²) in [5.74, 6) is -0.141. The molecule has 2 rings (SSSR count). The number of aromatic nitrogens is 1. The molecule has 0 spiro atoms. The van der Waals surface area contributed by atoms with Crippen LogP contribution in [0.25, 0.3) is 0 Å². The van der Waals surface area contributed by atoms with Crippen LogP contribution in [-0.2, 0) is 9.53 Å². The molecule has 2 heterocycles. The van der Waals surface area contributed by atoms with Crippen molar-refractivity contribution < 1.29 is 9.53 Å². The fraction of sp³-hybridized carbons (Fsp3) is 0.500. The molecule has 0 radical (unpaired) electrons. The van der Waals surface area contributed by atoms with Crippen molar-refractivity contribution in [2.45, 2.75) is 12.8 Å². The average Bonchev–Trinajstić information content (AvgIpc) is 2.79. The van der Waals surface area contributed by atoms with E-state index in [1.165, 1.54) is 0 Å². The Balaban J connectivity index is 2.14. The number of rotatable bonds is 3. The third kappa shape index (κ3) is 2.84. The van der Waals surface area contributed by atoms with Gasteiger partial charge in [-0.3, -0.25) is 9.78 Å². The van der Waals surface area contributed by atoms with Crippen LogP contribution in [0.2, 0.25) is 0 Å². The summed E-state index contributed by atoms with van der Waals surface area (Å²) in [7, 11) is 0. The van der Waals surface area contributed by atoms with E-state index in [4.69, 9.17) is 4.74 Å². The number of esters is 1. The Morgan fingerprint density at radius 2 is 2.41 bits per heavy atom. The Bertz CT molecular complexity index is 394. The highest BCUT2D eigenvalue weighted by molar-refractivity contribution is 9.10. The van der Waals surface area contributed by atoms with Gasteiger partial charge in [-0.2, -0.15) is 0 Å². The first kappa shape index (κ1) is 12.5. The molecule has 17 heavy (non-hydrogen) atoms. The summed E-state index contributed by atoms with van der Waals surface area (Å²) in [5.41, 5.74) is 0.941. The number of ether oxygens (including phenoxy) is 1. The number of hydrogen-bond donors (Lipinski definition) is 1. The Morgan fingerprint density at radius 3 is 3.06 bits per heavy atom. The van der Waals surface area contributed by atoms with E-state index >= 15 is 0 Å². The van der Waals surface area contributed by atoms with Gasteiger partial charge in [0.2, 0.25) is 0 Å². The van der Waals surface area contributed by atoms with Gasteiger partial charge in [-0.15, -0.1) is 0 Å². The van der Waals surface area contributed by atoms with Crippen molar-refractivity contribution in [3.8, 4) is 0 Å². The van der Waals surface area contributed by atoms with Crippen LogP contribution in [0.1, 0.15) is 18.5 Å². The summed E-state index contributed by atoms with van der Waals surface area (Å²) in [4.78, 5) is 16.2. The van der Waals surface area contributed by atoms with Crippen LogP contribution >= 0.6 is 15.9 Å². The summed E-state index contributed by atoms with van der Waals surface area (Å²) in [6, 6.07) is 3.90. The predicted molar refractivity (Wildman–Crippen MR) is 67.7 cm³/mol. The minimum absolute atomic E-state index is 0.113. The van der Waals surface area contributed by atoms with Crippen LogP contribution in [-0.4, -0.2) is 30.6 Å². The van der Waals surface area contributed by atoms with Gasteiger partial charge in [0.15, 0.2) is 0 Å². The standard InChI is InChI=1S/C12H15BrN2O2/c1-2-17-12(16)10-7-14-6-9(10)11-4-3-8(13)5-15-11/h3-5,9-10,14H,2,6-7H2,1H3/t9-,10-/m1/s1. The SMILES string of the molecule is CCOC(=O)[C@@H]1CNC[C@H]1c1ccc(Br)cn1. The summed E-state index contributed by atoms with van der Waals surface area (Å²) < 4.78 is 6.03. The fourth-order valence-electron chi connectivity index (χ4n) is 2.09. The molecule has 0 unspecified atom stereocenters. The van der Waals surface area contributed by atoms with Gasteiger partial charge in [-0.1, -0.05) is 0 Å². The molecule has 0 bridgehead atoms. The number of nitrogens with one attached hydrogen (secondary N) is 1. The molecule has 1 aromatic heterocycles. The van der Waals surface area contributed by atoms with E-state index in [1.807, 2.05) is 19.1 Å². The molecule has 1 saturated heterocycles. The zero-order valence-corrected chi connectivity index (χ0v) is 11.2. The molecule has 4 nitrogen and oxygen atoms in total. The van der Waals surface area contributed by atoms with Crippen molar-refractivity contribution in [1.82, 2.24) is 10.3 Å². The molecule has 5 heteroatoms. The van der Waals surface area contributed by atoms with E-state index in [0.717, 1.165) is 16.7 Å². The Kier molecular flexibility index (Phi) is 4.12. The van der Waals surface area contributed by atoms with Crippen LogP contribution in [0.4, 0.5) is 0 Å². The van der Waals surface area contributed by atoms with Crippen molar-refractivity contribution in [2.75, 3.05) is 19.7 Å². The predicted octanol–water partition coefficient (Wildman–Crippen LogP) is 1.71. The molecule has 0 aliphatic carbocycles. The number of carbonyl (C=O) groups is 1. The van der Waals surface area contributed by atoms with Crippen LogP contribution in [0, 0.1) is 5.92 Å². The summed E-state index contributed by atoms with van der Waals surface area (Å²) in [6.45, 7) is 3.70. The first-order valence-corrected chi connectivity index (χ1v) is 6.50. The number of nitrogens with zero attached hydrogens (tertiary/aromatic N) is 1. The molecule has 1 aliphatic rings. The monoisotopic (exact) mass is 298 g/mol. The molecule has 2 atom stereocenters. The largest absolute Gasteiger partial charge is 0.466 e. The maximum absolute atomic E-state index is 11.8. The zero-order valence-electron chi connectivity index (χ0n) is 9.65. The van der Waals surface area contributed by atoms with E-state index in [1.54, 1.807) is 6.20 Å². The van der Waals surface area contributed by atoms with Gasteiger partial charge in [0.25, 0.3) is 0 Å². The minimum Gasteiger partial charge on any atom is -0.466 e. The molecular formula is C12H15BrN2O2. The maximum atomic E-state index is 11.8. The summed E-state index contributed by atoms with van der Waals surface area (Å²) in [5, 5.41) is 3.22. The highest BCUT2D eigenvalue weighted by Gasteiger charge is 2.35. The van der Waals surface area contributed by atoms with E-state index in [2.05, 4.69) is 26.2 Å². The molecule has 1 aromatic rings. The minimum atomic E-state index is -0.132. The molecule has 1 N–H and O–H groups in total. The highest BCUT2D eigenvalue weighted by atomic mass is 79.9.